The maximum atomic E-state index is 13.0. The molecule has 0 radical (unpaired) electrons. The number of anilines is 1. The molecule has 3 rings (SSSR count). The van der Waals surface area contributed by atoms with Crippen LogP contribution in [-0.4, -0.2) is 84.4 Å². The first-order valence-corrected chi connectivity index (χ1v) is 12.4. The van der Waals surface area contributed by atoms with Gasteiger partial charge >= 0.3 is 0 Å². The molecule has 2 N–H and O–H groups in total. The van der Waals surface area contributed by atoms with E-state index in [0.29, 0.717) is 19.3 Å². The quantitative estimate of drug-likeness (QED) is 0.416. The van der Waals surface area contributed by atoms with Gasteiger partial charge in [-0.1, -0.05) is 39.0 Å². The van der Waals surface area contributed by atoms with E-state index in [2.05, 4.69) is 43.2 Å². The summed E-state index contributed by atoms with van der Waals surface area (Å²) in [4.78, 5) is 43.8. The number of aldehydes is 1. The van der Waals surface area contributed by atoms with E-state index in [1.807, 2.05) is 36.3 Å². The molecule has 2 amide bonds. The monoisotopic (exact) mass is 522 g/mol. The first-order chi connectivity index (χ1) is 17.9. The Labute approximate surface area is 224 Å². The first-order valence-electron chi connectivity index (χ1n) is 12.4. The Kier molecular flexibility index (Phi) is 10.8. The number of hydrogen-bond donors (Lipinski definition) is 2. The van der Waals surface area contributed by atoms with Crippen molar-refractivity contribution in [3.8, 4) is 6.19 Å². The Morgan fingerprint density at radius 3 is 2.37 bits per heavy atom. The fraction of sp³-hybridized carbons (Fsp3) is 0.464. The summed E-state index contributed by atoms with van der Waals surface area (Å²) in [5, 5.41) is 20.1. The number of nitrogens with zero attached hydrogens (tertiary/aromatic N) is 5. The molecule has 1 aromatic carbocycles. The Bertz CT molecular complexity index is 1110. The normalized spacial score (nSPS) is 17.4. The van der Waals surface area contributed by atoms with Gasteiger partial charge in [0.05, 0.1) is 25.2 Å². The second-order valence-electron chi connectivity index (χ2n) is 10.4. The summed E-state index contributed by atoms with van der Waals surface area (Å²) >= 11 is 0. The van der Waals surface area contributed by atoms with E-state index in [-0.39, 0.29) is 23.8 Å². The number of aliphatic hydroxyl groups is 1. The van der Waals surface area contributed by atoms with Gasteiger partial charge in [-0.2, -0.15) is 5.26 Å². The zero-order valence-corrected chi connectivity index (χ0v) is 23.0. The fourth-order valence-corrected chi connectivity index (χ4v) is 3.94. The number of carbonyl (C=O) groups excluding carboxylic acids is 3. The van der Waals surface area contributed by atoms with Crippen LogP contribution < -0.4 is 10.2 Å². The minimum atomic E-state index is -0.593. The number of aliphatic hydroxyl groups excluding tert-OH is 1. The number of pyridine rings is 1. The lowest BCUT2D eigenvalue weighted by Crippen LogP contribution is -2.43. The fourth-order valence-electron chi connectivity index (χ4n) is 3.94. The molecule has 0 spiro atoms. The highest BCUT2D eigenvalue weighted by molar-refractivity contribution is 5.90. The standard InChI is InChI=1S/C22H30N4O2.C6H8N2O2/c1-22(2,3)17-9-11-18(12-10-17)26(6)20(16-8-7-13-23-14-16)21(28)24-15-19(27)25(4)5;7-4-8-2-6(10)1-5(8)3-9/h7-14,20H,15H2,1-6H3,(H,24,28);3,5-6,10H,1-2H2. The molecule has 0 bridgehead atoms. The van der Waals surface area contributed by atoms with E-state index < -0.39 is 18.2 Å². The van der Waals surface area contributed by atoms with Gasteiger partial charge in [0.2, 0.25) is 11.8 Å². The van der Waals surface area contributed by atoms with Crippen molar-refractivity contribution in [1.29, 1.82) is 5.26 Å². The van der Waals surface area contributed by atoms with Crippen LogP contribution in [0, 0.1) is 11.5 Å². The number of likely N-dealkylation sites (N-methyl/N-ethyl adjacent to an activating group) is 2. The van der Waals surface area contributed by atoms with E-state index in [1.54, 1.807) is 32.6 Å². The van der Waals surface area contributed by atoms with Crippen molar-refractivity contribution in [2.75, 3.05) is 39.1 Å². The number of nitrogens with one attached hydrogen (secondary N) is 1. The number of amides is 2. The molecule has 1 fully saturated rings. The lowest BCUT2D eigenvalue weighted by atomic mass is 9.87. The van der Waals surface area contributed by atoms with Crippen molar-refractivity contribution in [1.82, 2.24) is 20.1 Å². The zero-order chi connectivity index (χ0) is 28.5. The lowest BCUT2D eigenvalue weighted by molar-refractivity contribution is -0.131. The lowest BCUT2D eigenvalue weighted by Gasteiger charge is -2.30. The Hall–Kier alpha value is -3.97. The van der Waals surface area contributed by atoms with Gasteiger partial charge in [0, 0.05) is 51.2 Å². The molecule has 2 heterocycles. The van der Waals surface area contributed by atoms with Gasteiger partial charge in [-0.25, -0.2) is 0 Å². The molecular weight excluding hydrogens is 484 g/mol. The number of carbonyl (C=O) groups is 3. The molecule has 3 unspecified atom stereocenters. The molecular formula is C28H38N6O4. The van der Waals surface area contributed by atoms with E-state index in [1.165, 1.54) is 15.4 Å². The molecule has 1 aliphatic heterocycles. The zero-order valence-electron chi connectivity index (χ0n) is 23.0. The van der Waals surface area contributed by atoms with Gasteiger partial charge in [0.1, 0.15) is 12.3 Å². The SMILES string of the molecule is CN(C)C(=O)CNC(=O)C(c1cccnc1)N(C)c1ccc(C(C)(C)C)cc1.N#CN1CC(O)CC1C=O. The highest BCUT2D eigenvalue weighted by Gasteiger charge is 2.29. The third-order valence-corrected chi connectivity index (χ3v) is 6.30. The summed E-state index contributed by atoms with van der Waals surface area (Å²) in [6.07, 6.45) is 5.75. The van der Waals surface area contributed by atoms with Crippen LogP contribution in [0.3, 0.4) is 0 Å². The second-order valence-corrected chi connectivity index (χ2v) is 10.4. The number of benzene rings is 1. The first kappa shape index (κ1) is 30.3. The summed E-state index contributed by atoms with van der Waals surface area (Å²) in [6.45, 7) is 6.75. The number of aromatic nitrogens is 1. The van der Waals surface area contributed by atoms with Crippen LogP contribution in [0.1, 0.15) is 44.4 Å². The van der Waals surface area contributed by atoms with Crippen LogP contribution in [0.4, 0.5) is 5.69 Å². The van der Waals surface area contributed by atoms with Gasteiger partial charge in [-0.05, 0) is 29.2 Å². The summed E-state index contributed by atoms with van der Waals surface area (Å²) in [5.41, 5.74) is 2.96. The molecule has 1 saturated heterocycles. The van der Waals surface area contributed by atoms with Crippen LogP contribution in [0.25, 0.3) is 0 Å². The third kappa shape index (κ3) is 8.28. The Morgan fingerprint density at radius 1 is 1.24 bits per heavy atom. The molecule has 3 atom stereocenters. The summed E-state index contributed by atoms with van der Waals surface area (Å²) < 4.78 is 0. The van der Waals surface area contributed by atoms with Gasteiger partial charge in [0.15, 0.2) is 6.19 Å². The average molecular weight is 523 g/mol. The second kappa shape index (κ2) is 13.5. The summed E-state index contributed by atoms with van der Waals surface area (Å²) in [7, 11) is 5.20. The predicted molar refractivity (Wildman–Crippen MR) is 145 cm³/mol. The van der Waals surface area contributed by atoms with Crippen molar-refractivity contribution < 1.29 is 19.5 Å². The highest BCUT2D eigenvalue weighted by Crippen LogP contribution is 2.29. The molecule has 1 aliphatic rings. The van der Waals surface area contributed by atoms with Gasteiger partial charge in [-0.15, -0.1) is 0 Å². The molecule has 0 saturated carbocycles. The molecule has 204 valence electrons. The summed E-state index contributed by atoms with van der Waals surface area (Å²) in [6, 6.07) is 10.9. The summed E-state index contributed by atoms with van der Waals surface area (Å²) in [5.74, 6) is -0.402. The molecule has 2 aromatic rings. The van der Waals surface area contributed by atoms with Crippen molar-refractivity contribution in [3.63, 3.8) is 0 Å². The highest BCUT2D eigenvalue weighted by atomic mass is 16.3. The van der Waals surface area contributed by atoms with Crippen molar-refractivity contribution >= 4 is 23.8 Å². The number of likely N-dealkylation sites (tertiary alicyclic amines) is 1. The average Bonchev–Trinajstić information content (AvgIpc) is 3.27. The molecule has 1 aromatic heterocycles. The number of rotatable bonds is 7. The molecule has 0 aliphatic carbocycles. The van der Waals surface area contributed by atoms with E-state index >= 15 is 0 Å². The maximum Gasteiger partial charge on any atom is 0.247 e. The van der Waals surface area contributed by atoms with Gasteiger partial charge < -0.3 is 25.0 Å². The van der Waals surface area contributed by atoms with Crippen molar-refractivity contribution in [3.05, 3.63) is 59.9 Å². The van der Waals surface area contributed by atoms with Crippen LogP contribution in [0.5, 0.6) is 0 Å². The topological polar surface area (TPSA) is 130 Å². The van der Waals surface area contributed by atoms with E-state index in [9.17, 15) is 14.4 Å². The van der Waals surface area contributed by atoms with Gasteiger partial charge in [0.25, 0.3) is 0 Å². The number of β-amino-alcohol motifs (C(OH)–C–C–N with tert-alkyl or cyclic N) is 1. The van der Waals surface area contributed by atoms with Crippen molar-refractivity contribution in [2.45, 2.75) is 50.8 Å². The minimum absolute atomic E-state index is 0.0423. The smallest absolute Gasteiger partial charge is 0.247 e. The van der Waals surface area contributed by atoms with Crippen LogP contribution in [0.15, 0.2) is 48.8 Å². The van der Waals surface area contributed by atoms with E-state index in [4.69, 9.17) is 10.4 Å². The van der Waals surface area contributed by atoms with E-state index in [0.717, 1.165) is 11.3 Å². The molecule has 38 heavy (non-hydrogen) atoms. The van der Waals surface area contributed by atoms with Crippen LogP contribution in [-0.2, 0) is 19.8 Å². The predicted octanol–water partition coefficient (Wildman–Crippen LogP) is 1.86. The van der Waals surface area contributed by atoms with Gasteiger partial charge in [-0.3, -0.25) is 19.5 Å². The third-order valence-electron chi connectivity index (χ3n) is 6.30. The van der Waals surface area contributed by atoms with Crippen LogP contribution in [0.2, 0.25) is 0 Å². The number of nitriles is 1. The maximum absolute atomic E-state index is 13.0. The molecule has 10 nitrogen and oxygen atoms in total. The minimum Gasteiger partial charge on any atom is -0.391 e. The number of hydrogen-bond acceptors (Lipinski definition) is 8. The molecule has 10 heteroatoms. The Balaban J connectivity index is 0.000000423. The van der Waals surface area contributed by atoms with Crippen molar-refractivity contribution in [2.24, 2.45) is 0 Å². The van der Waals surface area contributed by atoms with Crippen LogP contribution >= 0.6 is 0 Å². The largest absolute Gasteiger partial charge is 0.391 e. The Morgan fingerprint density at radius 2 is 1.89 bits per heavy atom.